The van der Waals surface area contributed by atoms with Crippen LogP contribution in [0.1, 0.15) is 6.92 Å². The maximum absolute atomic E-state index is 9.18. The zero-order valence-electron chi connectivity index (χ0n) is 7.83. The van der Waals surface area contributed by atoms with Gasteiger partial charge in [-0.25, -0.2) is 9.50 Å². The largest absolute Gasteiger partial charge is 0.468 e. The van der Waals surface area contributed by atoms with Gasteiger partial charge in [-0.1, -0.05) is 6.07 Å². The van der Waals surface area contributed by atoms with Crippen LogP contribution >= 0.6 is 0 Å². The van der Waals surface area contributed by atoms with Crippen molar-refractivity contribution in [3.8, 4) is 0 Å². The van der Waals surface area contributed by atoms with E-state index in [0.717, 1.165) is 5.65 Å². The minimum atomic E-state index is 0.431. The van der Waals surface area contributed by atoms with Crippen LogP contribution in [0.25, 0.3) is 5.65 Å². The Morgan fingerprint density at radius 3 is 3.00 bits per heavy atom. The maximum Gasteiger partial charge on any atom is 0.293 e. The number of nitrogens with zero attached hydrogens (tertiary/aromatic N) is 3. The lowest BCUT2D eigenvalue weighted by atomic mass is 10.5. The van der Waals surface area contributed by atoms with Gasteiger partial charge in [-0.05, 0) is 19.1 Å². The molecule has 0 aliphatic rings. The number of carbonyl (C=O) groups is 1. The molecule has 0 saturated heterocycles. The number of hydrogen-bond acceptors (Lipinski definition) is 4. The molecule has 0 radical (unpaired) electrons. The highest BCUT2D eigenvalue weighted by Gasteiger charge is 1.86. The van der Waals surface area contributed by atoms with Crippen LogP contribution in [0, 0.1) is 0 Å². The second-order valence-corrected chi connectivity index (χ2v) is 2.32. The Labute approximate surface area is 81.3 Å². The van der Waals surface area contributed by atoms with Gasteiger partial charge in [-0.2, -0.15) is 5.10 Å². The van der Waals surface area contributed by atoms with Crippen LogP contribution in [-0.4, -0.2) is 27.7 Å². The molecule has 0 amide bonds. The van der Waals surface area contributed by atoms with Crippen LogP contribution in [0.4, 0.5) is 0 Å². The molecule has 5 nitrogen and oxygen atoms in total. The van der Waals surface area contributed by atoms with Crippen molar-refractivity contribution in [3.05, 3.63) is 30.7 Å². The van der Waals surface area contributed by atoms with E-state index >= 15 is 0 Å². The van der Waals surface area contributed by atoms with E-state index in [9.17, 15) is 4.79 Å². The molecular weight excluding hydrogens is 182 g/mol. The molecular formula is C9H11N3O2. The molecule has 0 N–H and O–H groups in total. The maximum atomic E-state index is 9.18. The third-order valence-corrected chi connectivity index (χ3v) is 1.42. The molecule has 0 fully saturated rings. The molecule has 0 aliphatic carbocycles. The molecule has 74 valence electrons. The molecule has 0 aliphatic heterocycles. The van der Waals surface area contributed by atoms with Gasteiger partial charge < -0.3 is 4.74 Å². The smallest absolute Gasteiger partial charge is 0.293 e. The van der Waals surface area contributed by atoms with E-state index in [-0.39, 0.29) is 0 Å². The molecule has 2 aromatic rings. The van der Waals surface area contributed by atoms with Gasteiger partial charge in [0.15, 0.2) is 5.65 Å². The SMILES string of the molecule is CCOC=O.c1ccn2ncnc2c1. The normalized spacial score (nSPS) is 8.93. The number of fused-ring (bicyclic) bond motifs is 1. The quantitative estimate of drug-likeness (QED) is 0.665. The van der Waals surface area contributed by atoms with Gasteiger partial charge in [-0.3, -0.25) is 4.79 Å². The van der Waals surface area contributed by atoms with Crippen molar-refractivity contribution < 1.29 is 9.53 Å². The minimum absolute atomic E-state index is 0.431. The molecule has 5 heteroatoms. The summed E-state index contributed by atoms with van der Waals surface area (Å²) in [7, 11) is 0. The average molecular weight is 193 g/mol. The summed E-state index contributed by atoms with van der Waals surface area (Å²) >= 11 is 0. The second-order valence-electron chi connectivity index (χ2n) is 2.32. The molecule has 0 atom stereocenters. The number of aromatic nitrogens is 3. The van der Waals surface area contributed by atoms with Gasteiger partial charge in [0, 0.05) is 6.20 Å². The van der Waals surface area contributed by atoms with Crippen molar-refractivity contribution in [1.82, 2.24) is 14.6 Å². The van der Waals surface area contributed by atoms with Gasteiger partial charge in [-0.15, -0.1) is 0 Å². The summed E-state index contributed by atoms with van der Waals surface area (Å²) in [5.74, 6) is 0. The number of ether oxygens (including phenoxy) is 1. The topological polar surface area (TPSA) is 56.5 Å². The molecule has 2 heterocycles. The zero-order valence-corrected chi connectivity index (χ0v) is 7.83. The van der Waals surface area contributed by atoms with Crippen molar-refractivity contribution in [2.24, 2.45) is 0 Å². The van der Waals surface area contributed by atoms with E-state index < -0.39 is 0 Å². The Bertz CT molecular complexity index is 356. The van der Waals surface area contributed by atoms with Crippen LogP contribution in [0.15, 0.2) is 30.7 Å². The summed E-state index contributed by atoms with van der Waals surface area (Å²) in [6.07, 6.45) is 3.40. The van der Waals surface area contributed by atoms with Crippen molar-refractivity contribution in [2.75, 3.05) is 6.61 Å². The summed E-state index contributed by atoms with van der Waals surface area (Å²) < 4.78 is 5.88. The molecule has 2 rings (SSSR count). The first-order valence-electron chi connectivity index (χ1n) is 4.18. The minimum Gasteiger partial charge on any atom is -0.468 e. The summed E-state index contributed by atoms with van der Waals surface area (Å²) in [4.78, 5) is 13.2. The van der Waals surface area contributed by atoms with E-state index in [2.05, 4.69) is 14.8 Å². The van der Waals surface area contributed by atoms with Gasteiger partial charge in [0.25, 0.3) is 6.47 Å². The highest BCUT2D eigenvalue weighted by molar-refractivity contribution is 5.36. The fourth-order valence-corrected chi connectivity index (χ4v) is 0.834. The number of hydrogen-bond donors (Lipinski definition) is 0. The number of carbonyl (C=O) groups excluding carboxylic acids is 1. The fourth-order valence-electron chi connectivity index (χ4n) is 0.834. The monoisotopic (exact) mass is 193 g/mol. The Kier molecular flexibility index (Phi) is 4.13. The van der Waals surface area contributed by atoms with E-state index in [4.69, 9.17) is 0 Å². The van der Waals surface area contributed by atoms with Crippen molar-refractivity contribution >= 4 is 12.1 Å². The highest BCUT2D eigenvalue weighted by Crippen LogP contribution is 1.93. The van der Waals surface area contributed by atoms with Gasteiger partial charge >= 0.3 is 0 Å². The Morgan fingerprint density at radius 1 is 1.57 bits per heavy atom. The third-order valence-electron chi connectivity index (χ3n) is 1.42. The molecule has 2 aromatic heterocycles. The molecule has 0 bridgehead atoms. The average Bonchev–Trinajstić information content (AvgIpc) is 2.67. The van der Waals surface area contributed by atoms with Crippen LogP contribution < -0.4 is 0 Å². The van der Waals surface area contributed by atoms with Gasteiger partial charge in [0.05, 0.1) is 6.61 Å². The lowest BCUT2D eigenvalue weighted by Gasteiger charge is -1.84. The predicted octanol–water partition coefficient (Wildman–Crippen LogP) is 0.909. The van der Waals surface area contributed by atoms with Gasteiger partial charge in [0.2, 0.25) is 0 Å². The molecule has 0 unspecified atom stereocenters. The van der Waals surface area contributed by atoms with Crippen LogP contribution in [0.5, 0.6) is 0 Å². The Balaban J connectivity index is 0.000000171. The first kappa shape index (κ1) is 10.2. The van der Waals surface area contributed by atoms with Gasteiger partial charge in [0.1, 0.15) is 6.33 Å². The molecule has 0 aromatic carbocycles. The van der Waals surface area contributed by atoms with Crippen molar-refractivity contribution in [3.63, 3.8) is 0 Å². The fraction of sp³-hybridized carbons (Fsp3) is 0.222. The summed E-state index contributed by atoms with van der Waals surface area (Å²) in [5.41, 5.74) is 0.887. The predicted molar refractivity (Wildman–Crippen MR) is 50.7 cm³/mol. The lowest BCUT2D eigenvalue weighted by Crippen LogP contribution is -1.82. The number of rotatable bonds is 2. The third kappa shape index (κ3) is 2.85. The summed E-state index contributed by atoms with van der Waals surface area (Å²) in [5, 5.41) is 3.92. The van der Waals surface area contributed by atoms with Crippen LogP contribution in [0.2, 0.25) is 0 Å². The first-order valence-corrected chi connectivity index (χ1v) is 4.18. The van der Waals surface area contributed by atoms with Crippen molar-refractivity contribution in [1.29, 1.82) is 0 Å². The summed E-state index contributed by atoms with van der Waals surface area (Å²) in [6, 6.07) is 5.76. The lowest BCUT2D eigenvalue weighted by molar-refractivity contribution is -0.128. The van der Waals surface area contributed by atoms with E-state index in [1.54, 1.807) is 11.4 Å². The number of pyridine rings is 1. The summed E-state index contributed by atoms with van der Waals surface area (Å²) in [6.45, 7) is 2.66. The Morgan fingerprint density at radius 2 is 2.43 bits per heavy atom. The highest BCUT2D eigenvalue weighted by atomic mass is 16.5. The second kappa shape index (κ2) is 5.69. The van der Waals surface area contributed by atoms with E-state index in [0.29, 0.717) is 13.1 Å². The zero-order chi connectivity index (χ0) is 10.2. The van der Waals surface area contributed by atoms with E-state index in [1.807, 2.05) is 24.4 Å². The Hall–Kier alpha value is -1.91. The van der Waals surface area contributed by atoms with Crippen LogP contribution in [-0.2, 0) is 9.53 Å². The molecule has 14 heavy (non-hydrogen) atoms. The van der Waals surface area contributed by atoms with Crippen LogP contribution in [0.3, 0.4) is 0 Å². The standard InChI is InChI=1S/C6H5N3.C3H6O2/c1-2-4-9-6(3-1)7-5-8-9;1-2-5-3-4/h1-5H;3H,2H2,1H3. The van der Waals surface area contributed by atoms with E-state index in [1.165, 1.54) is 6.33 Å². The first-order chi connectivity index (χ1) is 6.88. The molecule has 0 saturated carbocycles. The van der Waals surface area contributed by atoms with Crippen molar-refractivity contribution in [2.45, 2.75) is 6.92 Å². The molecule has 0 spiro atoms.